The Hall–Kier alpha value is -1.88. The lowest BCUT2D eigenvalue weighted by Gasteiger charge is -2.34. The van der Waals surface area contributed by atoms with Gasteiger partial charge in [-0.05, 0) is 18.9 Å². The van der Waals surface area contributed by atoms with Gasteiger partial charge in [0.15, 0.2) is 5.13 Å². The number of rotatable bonds is 4. The van der Waals surface area contributed by atoms with Crippen molar-refractivity contribution in [2.75, 3.05) is 31.1 Å². The normalized spacial score (nSPS) is 15.1. The number of thiazole rings is 1. The van der Waals surface area contributed by atoms with E-state index in [-0.39, 0.29) is 5.91 Å². The van der Waals surface area contributed by atoms with Gasteiger partial charge in [0.25, 0.3) is 0 Å². The molecule has 5 heteroatoms. The Morgan fingerprint density at radius 3 is 2.55 bits per heavy atom. The van der Waals surface area contributed by atoms with Crippen molar-refractivity contribution < 1.29 is 4.79 Å². The molecular formula is C17H21N3OS. The van der Waals surface area contributed by atoms with Crippen molar-refractivity contribution in [3.8, 4) is 0 Å². The lowest BCUT2D eigenvalue weighted by molar-refractivity contribution is -0.131. The maximum Gasteiger partial charge on any atom is 0.223 e. The molecule has 1 aliphatic rings. The maximum atomic E-state index is 12.3. The predicted molar refractivity (Wildman–Crippen MR) is 90.4 cm³/mol. The molecular weight excluding hydrogens is 294 g/mol. The van der Waals surface area contributed by atoms with Crippen molar-refractivity contribution in [1.82, 2.24) is 9.88 Å². The van der Waals surface area contributed by atoms with E-state index in [0.29, 0.717) is 6.42 Å². The quantitative estimate of drug-likeness (QED) is 0.870. The molecule has 116 valence electrons. The largest absolute Gasteiger partial charge is 0.345 e. The minimum atomic E-state index is 0.263. The van der Waals surface area contributed by atoms with Crippen LogP contribution in [0.15, 0.2) is 35.8 Å². The van der Waals surface area contributed by atoms with Gasteiger partial charge in [-0.15, -0.1) is 11.3 Å². The van der Waals surface area contributed by atoms with E-state index in [0.717, 1.165) is 37.7 Å². The van der Waals surface area contributed by atoms with Gasteiger partial charge in [-0.3, -0.25) is 4.79 Å². The van der Waals surface area contributed by atoms with Crippen molar-refractivity contribution in [2.24, 2.45) is 0 Å². The second-order valence-corrected chi connectivity index (χ2v) is 6.54. The summed E-state index contributed by atoms with van der Waals surface area (Å²) in [6, 6.07) is 8.44. The van der Waals surface area contributed by atoms with Crippen LogP contribution in [0.4, 0.5) is 5.13 Å². The average Bonchev–Trinajstić information content (AvgIpc) is 3.09. The summed E-state index contributed by atoms with van der Waals surface area (Å²) in [4.78, 5) is 20.9. The van der Waals surface area contributed by atoms with Crippen LogP contribution < -0.4 is 4.90 Å². The van der Waals surface area contributed by atoms with Gasteiger partial charge < -0.3 is 9.80 Å². The van der Waals surface area contributed by atoms with Crippen molar-refractivity contribution in [3.63, 3.8) is 0 Å². The summed E-state index contributed by atoms with van der Waals surface area (Å²) >= 11 is 1.66. The summed E-state index contributed by atoms with van der Waals surface area (Å²) in [5.41, 5.74) is 2.49. The van der Waals surface area contributed by atoms with Crippen LogP contribution in [0.25, 0.3) is 0 Å². The van der Waals surface area contributed by atoms with Gasteiger partial charge in [0, 0.05) is 44.2 Å². The fraction of sp³-hybridized carbons (Fsp3) is 0.412. The molecule has 1 fully saturated rings. The molecule has 3 rings (SSSR count). The molecule has 0 aliphatic carbocycles. The maximum absolute atomic E-state index is 12.3. The minimum Gasteiger partial charge on any atom is -0.345 e. The van der Waals surface area contributed by atoms with Gasteiger partial charge in [-0.2, -0.15) is 0 Å². The number of amides is 1. The molecule has 4 nitrogen and oxygen atoms in total. The van der Waals surface area contributed by atoms with Crippen molar-refractivity contribution >= 4 is 22.4 Å². The van der Waals surface area contributed by atoms with Crippen LogP contribution in [0, 0.1) is 6.92 Å². The average molecular weight is 315 g/mol. The summed E-state index contributed by atoms with van der Waals surface area (Å²) < 4.78 is 0. The molecule has 1 aromatic heterocycles. The van der Waals surface area contributed by atoms with Gasteiger partial charge in [0.2, 0.25) is 5.91 Å². The smallest absolute Gasteiger partial charge is 0.223 e. The molecule has 22 heavy (non-hydrogen) atoms. The summed E-state index contributed by atoms with van der Waals surface area (Å²) in [7, 11) is 0. The summed E-state index contributed by atoms with van der Waals surface area (Å²) in [6.45, 7) is 5.43. The highest BCUT2D eigenvalue weighted by Gasteiger charge is 2.21. The first-order valence-electron chi connectivity index (χ1n) is 7.70. The SMILES string of the molecule is Cc1ccc(CCC(=O)N2CCN(c3nccs3)CC2)cc1. The van der Waals surface area contributed by atoms with Crippen LogP contribution in [-0.4, -0.2) is 42.0 Å². The van der Waals surface area contributed by atoms with Crippen LogP contribution in [0.5, 0.6) is 0 Å². The van der Waals surface area contributed by atoms with Gasteiger partial charge >= 0.3 is 0 Å². The Labute approximate surface area is 135 Å². The molecule has 1 saturated heterocycles. The van der Waals surface area contributed by atoms with Gasteiger partial charge in [-0.25, -0.2) is 4.98 Å². The topological polar surface area (TPSA) is 36.4 Å². The Bertz CT molecular complexity index is 601. The van der Waals surface area contributed by atoms with E-state index in [1.807, 2.05) is 16.5 Å². The van der Waals surface area contributed by atoms with Crippen molar-refractivity contribution in [2.45, 2.75) is 19.8 Å². The van der Waals surface area contributed by atoms with Gasteiger partial charge in [0.1, 0.15) is 0 Å². The molecule has 0 unspecified atom stereocenters. The first-order valence-corrected chi connectivity index (χ1v) is 8.58. The molecule has 1 aliphatic heterocycles. The molecule has 0 saturated carbocycles. The molecule has 0 atom stereocenters. The number of aromatic nitrogens is 1. The number of carbonyl (C=O) groups is 1. The lowest BCUT2D eigenvalue weighted by atomic mass is 10.1. The van der Waals surface area contributed by atoms with Crippen molar-refractivity contribution in [1.29, 1.82) is 0 Å². The zero-order valence-corrected chi connectivity index (χ0v) is 13.7. The van der Waals surface area contributed by atoms with Crippen LogP contribution in [-0.2, 0) is 11.2 Å². The Balaban J connectivity index is 1.46. The Morgan fingerprint density at radius 1 is 1.18 bits per heavy atom. The zero-order valence-electron chi connectivity index (χ0n) is 12.9. The van der Waals surface area contributed by atoms with E-state index < -0.39 is 0 Å². The van der Waals surface area contributed by atoms with Crippen molar-refractivity contribution in [3.05, 3.63) is 47.0 Å². The molecule has 2 aromatic rings. The highest BCUT2D eigenvalue weighted by molar-refractivity contribution is 7.13. The first-order chi connectivity index (χ1) is 10.7. The van der Waals surface area contributed by atoms with E-state index in [9.17, 15) is 4.79 Å². The number of nitrogens with zero attached hydrogens (tertiary/aromatic N) is 3. The Morgan fingerprint density at radius 2 is 1.91 bits per heavy atom. The van der Waals surface area contributed by atoms with E-state index in [1.54, 1.807) is 11.3 Å². The third kappa shape index (κ3) is 3.65. The monoisotopic (exact) mass is 315 g/mol. The highest BCUT2D eigenvalue weighted by Crippen LogP contribution is 2.19. The minimum absolute atomic E-state index is 0.263. The second kappa shape index (κ2) is 6.92. The second-order valence-electron chi connectivity index (χ2n) is 5.67. The Kier molecular flexibility index (Phi) is 4.73. The zero-order chi connectivity index (χ0) is 15.4. The van der Waals surface area contributed by atoms with E-state index >= 15 is 0 Å². The highest BCUT2D eigenvalue weighted by atomic mass is 32.1. The number of carbonyl (C=O) groups excluding carboxylic acids is 1. The summed E-state index contributed by atoms with van der Waals surface area (Å²) in [6.07, 6.45) is 3.26. The van der Waals surface area contributed by atoms with Crippen LogP contribution in [0.2, 0.25) is 0 Å². The molecule has 0 spiro atoms. The standard InChI is InChI=1S/C17H21N3OS/c1-14-2-4-15(5-3-14)6-7-16(21)19-9-11-20(12-10-19)17-18-8-13-22-17/h2-5,8,13H,6-7,9-12H2,1H3. The number of anilines is 1. The predicted octanol–water partition coefficient (Wildman–Crippen LogP) is 2.73. The van der Waals surface area contributed by atoms with E-state index in [1.165, 1.54) is 11.1 Å². The molecule has 0 bridgehead atoms. The van der Waals surface area contributed by atoms with E-state index in [4.69, 9.17) is 0 Å². The number of hydrogen-bond acceptors (Lipinski definition) is 4. The van der Waals surface area contributed by atoms with E-state index in [2.05, 4.69) is 41.1 Å². The van der Waals surface area contributed by atoms with Gasteiger partial charge in [-0.1, -0.05) is 29.8 Å². The molecule has 0 radical (unpaired) electrons. The van der Waals surface area contributed by atoms with Crippen LogP contribution >= 0.6 is 11.3 Å². The van der Waals surface area contributed by atoms with Crippen LogP contribution in [0.1, 0.15) is 17.5 Å². The third-order valence-electron chi connectivity index (χ3n) is 4.07. The molecule has 0 N–H and O–H groups in total. The summed E-state index contributed by atoms with van der Waals surface area (Å²) in [5, 5.41) is 3.06. The lowest BCUT2D eigenvalue weighted by Crippen LogP contribution is -2.48. The molecule has 2 heterocycles. The number of piperazine rings is 1. The van der Waals surface area contributed by atoms with Crippen LogP contribution in [0.3, 0.4) is 0 Å². The van der Waals surface area contributed by atoms with Gasteiger partial charge in [0.05, 0.1) is 0 Å². The fourth-order valence-corrected chi connectivity index (χ4v) is 3.38. The molecule has 1 amide bonds. The number of hydrogen-bond donors (Lipinski definition) is 0. The third-order valence-corrected chi connectivity index (χ3v) is 4.90. The first kappa shape index (κ1) is 15.0. The molecule has 1 aromatic carbocycles. The fourth-order valence-electron chi connectivity index (χ4n) is 2.68. The summed E-state index contributed by atoms with van der Waals surface area (Å²) in [5.74, 6) is 0.263. The number of aryl methyl sites for hydroxylation is 2. The number of benzene rings is 1.